The second-order valence-corrected chi connectivity index (χ2v) is 4.43. The third-order valence-corrected chi connectivity index (χ3v) is 3.32. The molecule has 2 aromatic heterocycles. The Bertz CT molecular complexity index is 592. The molecule has 0 saturated carbocycles. The molecule has 0 aliphatic heterocycles. The van der Waals surface area contributed by atoms with E-state index >= 15 is 0 Å². The number of aromatic amines is 2. The Kier molecular flexibility index (Phi) is 3.11. The average Bonchev–Trinajstić information content (AvgIpc) is 3.13. The Labute approximate surface area is 112 Å². The average molecular weight is 252 g/mol. The van der Waals surface area contributed by atoms with Crippen molar-refractivity contribution in [1.82, 2.24) is 9.97 Å². The van der Waals surface area contributed by atoms with Crippen LogP contribution < -0.4 is 4.74 Å². The van der Waals surface area contributed by atoms with Crippen molar-refractivity contribution in [2.24, 2.45) is 0 Å². The predicted molar refractivity (Wildman–Crippen MR) is 75.5 cm³/mol. The lowest BCUT2D eigenvalue weighted by Gasteiger charge is -2.18. The number of hydrogen-bond donors (Lipinski definition) is 2. The molecule has 0 aliphatic rings. The largest absolute Gasteiger partial charge is 0.496 e. The molecule has 2 heterocycles. The fourth-order valence-electron chi connectivity index (χ4n) is 2.46. The van der Waals surface area contributed by atoms with Crippen LogP contribution in [0.2, 0.25) is 0 Å². The van der Waals surface area contributed by atoms with E-state index in [0.29, 0.717) is 0 Å². The minimum Gasteiger partial charge on any atom is -0.496 e. The molecule has 0 bridgehead atoms. The number of hydrogen-bond acceptors (Lipinski definition) is 1. The van der Waals surface area contributed by atoms with Gasteiger partial charge in [0.25, 0.3) is 0 Å². The van der Waals surface area contributed by atoms with Gasteiger partial charge in [-0.3, -0.25) is 0 Å². The van der Waals surface area contributed by atoms with Crippen LogP contribution in [0.25, 0.3) is 0 Å². The molecule has 96 valence electrons. The number of methoxy groups -OCH3 is 1. The van der Waals surface area contributed by atoms with E-state index in [1.165, 1.54) is 0 Å². The Morgan fingerprint density at radius 3 is 2.00 bits per heavy atom. The van der Waals surface area contributed by atoms with Crippen molar-refractivity contribution in [3.63, 3.8) is 0 Å². The lowest BCUT2D eigenvalue weighted by atomic mass is 9.92. The van der Waals surface area contributed by atoms with Gasteiger partial charge >= 0.3 is 0 Å². The smallest absolute Gasteiger partial charge is 0.123 e. The fourth-order valence-corrected chi connectivity index (χ4v) is 2.46. The molecule has 0 atom stereocenters. The maximum absolute atomic E-state index is 5.49. The van der Waals surface area contributed by atoms with E-state index < -0.39 is 0 Å². The Balaban J connectivity index is 2.15. The zero-order chi connectivity index (χ0) is 13.1. The number of H-pyrrole nitrogens is 2. The van der Waals surface area contributed by atoms with Gasteiger partial charge in [-0.05, 0) is 30.3 Å². The second-order valence-electron chi connectivity index (χ2n) is 4.43. The summed E-state index contributed by atoms with van der Waals surface area (Å²) in [6.45, 7) is 0. The molecule has 2 N–H and O–H groups in total. The van der Waals surface area contributed by atoms with Gasteiger partial charge in [-0.15, -0.1) is 0 Å². The number of ether oxygens (including phenoxy) is 1. The van der Waals surface area contributed by atoms with Gasteiger partial charge in [-0.2, -0.15) is 0 Å². The van der Waals surface area contributed by atoms with Crippen LogP contribution in [0.3, 0.4) is 0 Å². The van der Waals surface area contributed by atoms with E-state index in [1.807, 2.05) is 42.7 Å². The molecular weight excluding hydrogens is 236 g/mol. The molecule has 0 radical (unpaired) electrons. The number of aromatic nitrogens is 2. The third kappa shape index (κ3) is 2.15. The normalized spacial score (nSPS) is 10.8. The van der Waals surface area contributed by atoms with E-state index in [9.17, 15) is 0 Å². The van der Waals surface area contributed by atoms with Crippen LogP contribution in [-0.4, -0.2) is 17.1 Å². The molecule has 3 aromatic rings. The van der Waals surface area contributed by atoms with Gasteiger partial charge in [-0.25, -0.2) is 0 Å². The van der Waals surface area contributed by atoms with E-state index in [2.05, 4.69) is 28.2 Å². The van der Waals surface area contributed by atoms with Crippen molar-refractivity contribution in [2.75, 3.05) is 7.11 Å². The van der Waals surface area contributed by atoms with Crippen LogP contribution in [0.1, 0.15) is 22.9 Å². The minimum absolute atomic E-state index is 0.126. The molecule has 0 saturated heterocycles. The molecule has 0 unspecified atom stereocenters. The van der Waals surface area contributed by atoms with Crippen LogP contribution in [-0.2, 0) is 0 Å². The summed E-state index contributed by atoms with van der Waals surface area (Å²) in [5, 5.41) is 0. The van der Waals surface area contributed by atoms with Gasteiger partial charge in [0.2, 0.25) is 0 Å². The molecule has 3 nitrogen and oxygen atoms in total. The number of nitrogens with one attached hydrogen (secondary N) is 2. The Hall–Kier alpha value is -2.42. The molecule has 19 heavy (non-hydrogen) atoms. The zero-order valence-electron chi connectivity index (χ0n) is 10.8. The SMILES string of the molecule is COc1ccccc1C(c1ccc[nH]1)c1ccc[nH]1. The lowest BCUT2D eigenvalue weighted by Crippen LogP contribution is -2.06. The predicted octanol–water partition coefficient (Wildman–Crippen LogP) is 3.53. The summed E-state index contributed by atoms with van der Waals surface area (Å²) in [4.78, 5) is 6.60. The van der Waals surface area contributed by atoms with Crippen LogP contribution in [0.4, 0.5) is 0 Å². The van der Waals surface area contributed by atoms with Crippen molar-refractivity contribution in [1.29, 1.82) is 0 Å². The molecule has 3 heteroatoms. The first-order valence-electron chi connectivity index (χ1n) is 6.29. The van der Waals surface area contributed by atoms with Gasteiger partial charge in [0.05, 0.1) is 13.0 Å². The molecular formula is C16H16N2O. The summed E-state index contributed by atoms with van der Waals surface area (Å²) in [6, 6.07) is 16.3. The molecule has 3 rings (SSSR count). The lowest BCUT2D eigenvalue weighted by molar-refractivity contribution is 0.408. The second kappa shape index (κ2) is 5.06. The molecule has 0 amide bonds. The summed E-state index contributed by atoms with van der Waals surface area (Å²) in [5.41, 5.74) is 3.44. The monoisotopic (exact) mass is 252 g/mol. The third-order valence-electron chi connectivity index (χ3n) is 3.32. The standard InChI is InChI=1S/C16H16N2O/c1-19-15-9-3-2-6-12(15)16(13-7-4-10-17-13)14-8-5-11-18-14/h2-11,16-18H,1H3. The van der Waals surface area contributed by atoms with Crippen LogP contribution in [0, 0.1) is 0 Å². The maximum atomic E-state index is 5.49. The topological polar surface area (TPSA) is 40.8 Å². The molecule has 0 spiro atoms. The van der Waals surface area contributed by atoms with Crippen molar-refractivity contribution in [3.8, 4) is 5.75 Å². The van der Waals surface area contributed by atoms with Crippen LogP contribution >= 0.6 is 0 Å². The first-order valence-corrected chi connectivity index (χ1v) is 6.29. The number of para-hydroxylation sites is 1. The van der Waals surface area contributed by atoms with E-state index in [-0.39, 0.29) is 5.92 Å². The summed E-state index contributed by atoms with van der Waals surface area (Å²) in [6.07, 6.45) is 3.89. The fraction of sp³-hybridized carbons (Fsp3) is 0.125. The molecule has 0 aliphatic carbocycles. The highest BCUT2D eigenvalue weighted by molar-refractivity contribution is 5.45. The highest BCUT2D eigenvalue weighted by atomic mass is 16.5. The number of benzene rings is 1. The van der Waals surface area contributed by atoms with E-state index in [4.69, 9.17) is 4.74 Å². The Morgan fingerprint density at radius 1 is 0.842 bits per heavy atom. The summed E-state index contributed by atoms with van der Waals surface area (Å²) < 4.78 is 5.49. The summed E-state index contributed by atoms with van der Waals surface area (Å²) in [5.74, 6) is 1.03. The van der Waals surface area contributed by atoms with E-state index in [0.717, 1.165) is 22.7 Å². The van der Waals surface area contributed by atoms with E-state index in [1.54, 1.807) is 7.11 Å². The number of rotatable bonds is 4. The maximum Gasteiger partial charge on any atom is 0.123 e. The Morgan fingerprint density at radius 2 is 1.47 bits per heavy atom. The van der Waals surface area contributed by atoms with Crippen molar-refractivity contribution >= 4 is 0 Å². The summed E-state index contributed by atoms with van der Waals surface area (Å²) >= 11 is 0. The van der Waals surface area contributed by atoms with Gasteiger partial charge in [-0.1, -0.05) is 18.2 Å². The van der Waals surface area contributed by atoms with Gasteiger partial charge in [0.1, 0.15) is 5.75 Å². The molecule has 1 aromatic carbocycles. The van der Waals surface area contributed by atoms with Gasteiger partial charge in [0.15, 0.2) is 0 Å². The van der Waals surface area contributed by atoms with Crippen molar-refractivity contribution in [3.05, 3.63) is 77.9 Å². The highest BCUT2D eigenvalue weighted by Crippen LogP contribution is 2.35. The summed E-state index contributed by atoms with van der Waals surface area (Å²) in [7, 11) is 1.71. The minimum atomic E-state index is 0.126. The van der Waals surface area contributed by atoms with Gasteiger partial charge in [0, 0.05) is 29.3 Å². The van der Waals surface area contributed by atoms with Gasteiger partial charge < -0.3 is 14.7 Å². The highest BCUT2D eigenvalue weighted by Gasteiger charge is 2.21. The first kappa shape index (κ1) is 11.7. The van der Waals surface area contributed by atoms with Crippen molar-refractivity contribution < 1.29 is 4.74 Å². The van der Waals surface area contributed by atoms with Crippen LogP contribution in [0.15, 0.2) is 60.9 Å². The molecule has 0 fully saturated rings. The zero-order valence-corrected chi connectivity index (χ0v) is 10.8. The first-order chi connectivity index (χ1) is 9.40. The van der Waals surface area contributed by atoms with Crippen molar-refractivity contribution in [2.45, 2.75) is 5.92 Å². The quantitative estimate of drug-likeness (QED) is 0.732. The van der Waals surface area contributed by atoms with Crippen LogP contribution in [0.5, 0.6) is 5.75 Å².